The first-order chi connectivity index (χ1) is 7.30. The number of hydrogen-bond donors (Lipinski definition) is 2. The Bertz CT molecular complexity index is 378. The van der Waals surface area contributed by atoms with Gasteiger partial charge in [-0.3, -0.25) is 4.79 Å². The Labute approximate surface area is 102 Å². The highest BCUT2D eigenvalue weighted by molar-refractivity contribution is 5.85. The topological polar surface area (TPSA) is 63.3 Å². The molecule has 1 aromatic rings. The van der Waals surface area contributed by atoms with Gasteiger partial charge in [-0.1, -0.05) is 12.1 Å². The lowest BCUT2D eigenvalue weighted by molar-refractivity contribution is -0.138. The van der Waals surface area contributed by atoms with E-state index in [2.05, 4.69) is 0 Å². The summed E-state index contributed by atoms with van der Waals surface area (Å²) in [4.78, 5) is 10.3. The number of carboxylic acids is 1. The minimum Gasteiger partial charge on any atom is -0.481 e. The molecule has 3 N–H and O–H groups in total. The van der Waals surface area contributed by atoms with Crippen molar-refractivity contribution in [3.8, 4) is 0 Å². The van der Waals surface area contributed by atoms with Crippen molar-refractivity contribution in [3.63, 3.8) is 0 Å². The molecule has 0 heterocycles. The van der Waals surface area contributed by atoms with Crippen LogP contribution in [-0.2, 0) is 11.0 Å². The molecule has 0 bridgehead atoms. The van der Waals surface area contributed by atoms with Crippen molar-refractivity contribution in [2.24, 2.45) is 5.73 Å². The van der Waals surface area contributed by atoms with E-state index >= 15 is 0 Å². The lowest BCUT2D eigenvalue weighted by Crippen LogP contribution is -2.15. The van der Waals surface area contributed by atoms with E-state index in [-0.39, 0.29) is 18.8 Å². The van der Waals surface area contributed by atoms with Gasteiger partial charge in [-0.15, -0.1) is 12.4 Å². The molecule has 0 amide bonds. The number of rotatable bonds is 3. The number of benzene rings is 1. The summed E-state index contributed by atoms with van der Waals surface area (Å²) < 4.78 is 36.6. The Balaban J connectivity index is 0.00000256. The predicted molar refractivity (Wildman–Crippen MR) is 57.9 cm³/mol. The summed E-state index contributed by atoms with van der Waals surface area (Å²) in [5, 5.41) is 8.47. The average Bonchev–Trinajstić information content (AvgIpc) is 2.15. The molecule has 0 spiro atoms. The van der Waals surface area contributed by atoms with E-state index in [4.69, 9.17) is 10.8 Å². The van der Waals surface area contributed by atoms with Crippen LogP contribution in [0.1, 0.15) is 23.6 Å². The monoisotopic (exact) mass is 269 g/mol. The van der Waals surface area contributed by atoms with Gasteiger partial charge in [-0.2, -0.15) is 13.2 Å². The summed E-state index contributed by atoms with van der Waals surface area (Å²) in [5.41, 5.74) is 5.08. The summed E-state index contributed by atoms with van der Waals surface area (Å²) in [6.45, 7) is 0. The molecule has 0 aromatic heterocycles. The first kappa shape index (κ1) is 15.7. The molecule has 0 radical (unpaired) electrons. The van der Waals surface area contributed by atoms with Crippen LogP contribution in [-0.4, -0.2) is 11.1 Å². The van der Waals surface area contributed by atoms with Gasteiger partial charge in [0.1, 0.15) is 0 Å². The molecule has 0 saturated heterocycles. The maximum Gasteiger partial charge on any atom is 0.416 e. The van der Waals surface area contributed by atoms with Gasteiger partial charge in [0, 0.05) is 6.04 Å². The van der Waals surface area contributed by atoms with E-state index in [9.17, 15) is 18.0 Å². The lowest BCUT2D eigenvalue weighted by atomic mass is 10.0. The maximum absolute atomic E-state index is 12.2. The van der Waals surface area contributed by atoms with Gasteiger partial charge in [0.05, 0.1) is 12.0 Å². The Morgan fingerprint density at radius 3 is 2.12 bits per heavy atom. The van der Waals surface area contributed by atoms with Crippen molar-refractivity contribution in [3.05, 3.63) is 35.4 Å². The third-order valence-corrected chi connectivity index (χ3v) is 2.06. The molecule has 1 rings (SSSR count). The van der Waals surface area contributed by atoms with Crippen molar-refractivity contribution in [1.29, 1.82) is 0 Å². The minimum absolute atomic E-state index is 0. The van der Waals surface area contributed by atoms with Crippen LogP contribution in [0.4, 0.5) is 13.2 Å². The third kappa shape index (κ3) is 4.62. The number of nitrogens with two attached hydrogens (primary N) is 1. The van der Waals surface area contributed by atoms with Crippen LogP contribution < -0.4 is 5.73 Å². The number of carbonyl (C=O) groups is 1. The van der Waals surface area contributed by atoms with Crippen LogP contribution in [0.3, 0.4) is 0 Å². The summed E-state index contributed by atoms with van der Waals surface area (Å²) in [6.07, 6.45) is -4.71. The van der Waals surface area contributed by atoms with Gasteiger partial charge >= 0.3 is 12.1 Å². The Morgan fingerprint density at radius 1 is 1.29 bits per heavy atom. The SMILES string of the molecule is Cl.N[C@@H](CC(=O)O)c1ccc(C(F)(F)F)cc1. The summed E-state index contributed by atoms with van der Waals surface area (Å²) in [6, 6.07) is 3.36. The quantitative estimate of drug-likeness (QED) is 0.886. The Hall–Kier alpha value is -1.27. The Morgan fingerprint density at radius 2 is 1.76 bits per heavy atom. The maximum atomic E-state index is 12.2. The second-order valence-corrected chi connectivity index (χ2v) is 3.32. The molecule has 0 unspecified atom stereocenters. The van der Waals surface area contributed by atoms with E-state index in [0.29, 0.717) is 5.56 Å². The van der Waals surface area contributed by atoms with E-state index in [0.717, 1.165) is 12.1 Å². The van der Waals surface area contributed by atoms with Gasteiger partial charge in [0.2, 0.25) is 0 Å². The van der Waals surface area contributed by atoms with Gasteiger partial charge in [0.15, 0.2) is 0 Å². The van der Waals surface area contributed by atoms with Crippen molar-refractivity contribution in [2.45, 2.75) is 18.6 Å². The Kier molecular flexibility index (Phi) is 5.44. The first-order valence-electron chi connectivity index (χ1n) is 4.45. The molecule has 3 nitrogen and oxygen atoms in total. The van der Waals surface area contributed by atoms with Crippen molar-refractivity contribution < 1.29 is 23.1 Å². The molecule has 17 heavy (non-hydrogen) atoms. The molecule has 1 atom stereocenters. The fourth-order valence-corrected chi connectivity index (χ4v) is 1.23. The fraction of sp³-hybridized carbons (Fsp3) is 0.300. The van der Waals surface area contributed by atoms with Gasteiger partial charge in [0.25, 0.3) is 0 Å². The second kappa shape index (κ2) is 5.88. The highest BCUT2D eigenvalue weighted by Gasteiger charge is 2.30. The zero-order valence-electron chi connectivity index (χ0n) is 8.57. The van der Waals surface area contributed by atoms with Crippen LogP contribution >= 0.6 is 12.4 Å². The van der Waals surface area contributed by atoms with Crippen LogP contribution in [0, 0.1) is 0 Å². The standard InChI is InChI=1S/C10H10F3NO2.ClH/c11-10(12,13)7-3-1-6(2-4-7)8(14)5-9(15)16;/h1-4,8H,5,14H2,(H,15,16);1H/t8-;/m0./s1. The summed E-state index contributed by atoms with van der Waals surface area (Å²) >= 11 is 0. The van der Waals surface area contributed by atoms with E-state index in [1.165, 1.54) is 12.1 Å². The summed E-state index contributed by atoms with van der Waals surface area (Å²) in [5.74, 6) is -1.09. The largest absolute Gasteiger partial charge is 0.481 e. The average molecular weight is 270 g/mol. The number of carboxylic acid groups (broad SMARTS) is 1. The van der Waals surface area contributed by atoms with Crippen LogP contribution in [0.15, 0.2) is 24.3 Å². The van der Waals surface area contributed by atoms with E-state index in [1.807, 2.05) is 0 Å². The van der Waals surface area contributed by atoms with Gasteiger partial charge in [-0.05, 0) is 17.7 Å². The van der Waals surface area contributed by atoms with E-state index in [1.54, 1.807) is 0 Å². The molecule has 0 aliphatic rings. The molecule has 0 saturated carbocycles. The number of alkyl halides is 3. The van der Waals surface area contributed by atoms with E-state index < -0.39 is 23.8 Å². The van der Waals surface area contributed by atoms with Gasteiger partial charge in [-0.25, -0.2) is 0 Å². The lowest BCUT2D eigenvalue weighted by Gasteiger charge is -2.11. The normalized spacial score (nSPS) is 12.7. The van der Waals surface area contributed by atoms with Gasteiger partial charge < -0.3 is 10.8 Å². The smallest absolute Gasteiger partial charge is 0.416 e. The second-order valence-electron chi connectivity index (χ2n) is 3.32. The molecule has 96 valence electrons. The molecule has 1 aromatic carbocycles. The molecular weight excluding hydrogens is 259 g/mol. The highest BCUT2D eigenvalue weighted by Crippen LogP contribution is 2.29. The fourth-order valence-electron chi connectivity index (χ4n) is 1.23. The van der Waals surface area contributed by atoms with Crippen LogP contribution in [0.2, 0.25) is 0 Å². The molecule has 0 aliphatic heterocycles. The first-order valence-corrected chi connectivity index (χ1v) is 4.45. The number of hydrogen-bond acceptors (Lipinski definition) is 2. The van der Waals surface area contributed by atoms with Crippen molar-refractivity contribution in [2.75, 3.05) is 0 Å². The van der Waals surface area contributed by atoms with Crippen LogP contribution in [0.5, 0.6) is 0 Å². The third-order valence-electron chi connectivity index (χ3n) is 2.06. The number of aliphatic carboxylic acids is 1. The molecule has 0 fully saturated rings. The summed E-state index contributed by atoms with van der Waals surface area (Å²) in [7, 11) is 0. The van der Waals surface area contributed by atoms with Crippen molar-refractivity contribution >= 4 is 18.4 Å². The molecule has 7 heteroatoms. The van der Waals surface area contributed by atoms with Crippen LogP contribution in [0.25, 0.3) is 0 Å². The highest BCUT2D eigenvalue weighted by atomic mass is 35.5. The van der Waals surface area contributed by atoms with Crippen molar-refractivity contribution in [1.82, 2.24) is 0 Å². The molecular formula is C10H11ClF3NO2. The zero-order chi connectivity index (χ0) is 12.3. The molecule has 0 aliphatic carbocycles. The minimum atomic E-state index is -4.39. The zero-order valence-corrected chi connectivity index (χ0v) is 9.39. The number of halogens is 4. The predicted octanol–water partition coefficient (Wildman–Crippen LogP) is 2.60.